The number of H-pyrrole nitrogens is 1. The molecule has 2 N–H and O–H groups in total. The van der Waals surface area contributed by atoms with Crippen LogP contribution in [-0.2, 0) is 0 Å². The van der Waals surface area contributed by atoms with Gasteiger partial charge in [0.1, 0.15) is 5.69 Å². The molecule has 0 saturated carbocycles. The highest BCUT2D eigenvalue weighted by Gasteiger charge is 2.13. The first-order valence-electron chi connectivity index (χ1n) is 8.34. The van der Waals surface area contributed by atoms with Gasteiger partial charge in [-0.1, -0.05) is 6.07 Å². The largest absolute Gasteiger partial charge is 0.493 e. The SMILES string of the molecule is COc1cc(-c2cc(C(=O)N/N=C/c3cccs3)[nH]n2)ccc1OC(C)C. The molecule has 0 aliphatic carbocycles. The van der Waals surface area contributed by atoms with Gasteiger partial charge in [0, 0.05) is 10.4 Å². The molecular weight excluding hydrogens is 364 g/mol. The van der Waals surface area contributed by atoms with Crippen LogP contribution in [0.25, 0.3) is 11.3 Å². The van der Waals surface area contributed by atoms with E-state index in [4.69, 9.17) is 9.47 Å². The van der Waals surface area contributed by atoms with Crippen LogP contribution < -0.4 is 14.9 Å². The minimum absolute atomic E-state index is 0.0418. The van der Waals surface area contributed by atoms with Crippen LogP contribution in [0.15, 0.2) is 46.9 Å². The second kappa shape index (κ2) is 8.50. The molecule has 0 unspecified atom stereocenters. The van der Waals surface area contributed by atoms with Gasteiger partial charge in [-0.2, -0.15) is 10.2 Å². The summed E-state index contributed by atoms with van der Waals surface area (Å²) in [6, 6.07) is 11.0. The number of carbonyl (C=O) groups excluding carboxylic acids is 1. The number of amides is 1. The predicted molar refractivity (Wildman–Crippen MR) is 106 cm³/mol. The van der Waals surface area contributed by atoms with Gasteiger partial charge in [0.2, 0.25) is 0 Å². The fourth-order valence-corrected chi connectivity index (χ4v) is 2.93. The Morgan fingerprint density at radius 1 is 1.30 bits per heavy atom. The Bertz CT molecular complexity index is 932. The van der Waals surface area contributed by atoms with E-state index in [1.165, 1.54) is 11.3 Å². The number of hydrazone groups is 1. The number of benzene rings is 1. The molecule has 0 radical (unpaired) electrons. The number of aromatic nitrogens is 2. The zero-order chi connectivity index (χ0) is 19.2. The number of thiophene rings is 1. The lowest BCUT2D eigenvalue weighted by molar-refractivity contribution is 0.0950. The fourth-order valence-electron chi connectivity index (χ4n) is 2.34. The number of ether oxygens (including phenoxy) is 2. The summed E-state index contributed by atoms with van der Waals surface area (Å²) in [7, 11) is 1.58. The maximum Gasteiger partial charge on any atom is 0.289 e. The predicted octanol–water partition coefficient (Wildman–Crippen LogP) is 3.70. The topological polar surface area (TPSA) is 88.6 Å². The van der Waals surface area contributed by atoms with Crippen molar-refractivity contribution >= 4 is 23.5 Å². The molecule has 0 bridgehead atoms. The van der Waals surface area contributed by atoms with Crippen LogP contribution in [0.1, 0.15) is 29.2 Å². The van der Waals surface area contributed by atoms with E-state index in [1.54, 1.807) is 19.4 Å². The number of hydrogen-bond donors (Lipinski definition) is 2. The van der Waals surface area contributed by atoms with Gasteiger partial charge in [0.25, 0.3) is 5.91 Å². The van der Waals surface area contributed by atoms with Crippen molar-refractivity contribution in [3.05, 3.63) is 52.3 Å². The van der Waals surface area contributed by atoms with E-state index < -0.39 is 0 Å². The van der Waals surface area contributed by atoms with Gasteiger partial charge in [-0.05, 0) is 49.6 Å². The third kappa shape index (κ3) is 4.73. The third-order valence-corrected chi connectivity index (χ3v) is 4.35. The molecule has 1 amide bonds. The molecule has 8 heteroatoms. The third-order valence-electron chi connectivity index (χ3n) is 3.55. The lowest BCUT2D eigenvalue weighted by atomic mass is 10.1. The molecule has 0 aliphatic heterocycles. The Balaban J connectivity index is 1.72. The standard InChI is InChI=1S/C19H20N4O3S/c1-12(2)26-17-7-6-13(9-18(17)25-3)15-10-16(22-21-15)19(24)23-20-11-14-5-4-8-27-14/h4-12H,1-3H3,(H,21,22)(H,23,24)/b20-11+. The summed E-state index contributed by atoms with van der Waals surface area (Å²) in [5, 5.41) is 12.8. The normalized spacial score (nSPS) is 11.1. The van der Waals surface area contributed by atoms with Gasteiger partial charge in [0.05, 0.1) is 25.1 Å². The summed E-state index contributed by atoms with van der Waals surface area (Å²) in [5.41, 5.74) is 4.22. The van der Waals surface area contributed by atoms with Gasteiger partial charge >= 0.3 is 0 Å². The average Bonchev–Trinajstić information content (AvgIpc) is 3.33. The molecule has 27 heavy (non-hydrogen) atoms. The molecule has 0 fully saturated rings. The van der Waals surface area contributed by atoms with Gasteiger partial charge in [0.15, 0.2) is 11.5 Å². The molecule has 0 spiro atoms. The average molecular weight is 384 g/mol. The van der Waals surface area contributed by atoms with E-state index in [0.717, 1.165) is 10.4 Å². The molecular formula is C19H20N4O3S. The number of rotatable bonds is 7. The quantitative estimate of drug-likeness (QED) is 0.480. The summed E-state index contributed by atoms with van der Waals surface area (Å²) in [5.74, 6) is 0.900. The Morgan fingerprint density at radius 3 is 2.85 bits per heavy atom. The van der Waals surface area contributed by atoms with E-state index in [1.807, 2.05) is 49.6 Å². The highest BCUT2D eigenvalue weighted by Crippen LogP contribution is 2.32. The van der Waals surface area contributed by atoms with Crippen molar-refractivity contribution in [3.8, 4) is 22.8 Å². The van der Waals surface area contributed by atoms with E-state index in [9.17, 15) is 4.79 Å². The van der Waals surface area contributed by atoms with Crippen LogP contribution in [0, 0.1) is 0 Å². The molecule has 2 aromatic heterocycles. The van der Waals surface area contributed by atoms with Crippen LogP contribution in [0.5, 0.6) is 11.5 Å². The summed E-state index contributed by atoms with van der Waals surface area (Å²) >= 11 is 1.54. The van der Waals surface area contributed by atoms with Crippen LogP contribution in [0.4, 0.5) is 0 Å². The fraction of sp³-hybridized carbons (Fsp3) is 0.211. The molecule has 3 rings (SSSR count). The van der Waals surface area contributed by atoms with Crippen molar-refractivity contribution in [2.75, 3.05) is 7.11 Å². The molecule has 2 heterocycles. The second-order valence-corrected chi connectivity index (χ2v) is 6.89. The van der Waals surface area contributed by atoms with Crippen molar-refractivity contribution < 1.29 is 14.3 Å². The highest BCUT2D eigenvalue weighted by molar-refractivity contribution is 7.11. The van der Waals surface area contributed by atoms with Gasteiger partial charge in [-0.3, -0.25) is 9.89 Å². The maximum atomic E-state index is 12.2. The zero-order valence-corrected chi connectivity index (χ0v) is 16.0. The van der Waals surface area contributed by atoms with Crippen LogP contribution in [-0.4, -0.2) is 35.5 Å². The first kappa shape index (κ1) is 18.7. The van der Waals surface area contributed by atoms with Gasteiger partial charge < -0.3 is 9.47 Å². The highest BCUT2D eigenvalue weighted by atomic mass is 32.1. The molecule has 0 atom stereocenters. The van der Waals surface area contributed by atoms with Crippen molar-refractivity contribution in [1.82, 2.24) is 15.6 Å². The van der Waals surface area contributed by atoms with Crippen molar-refractivity contribution in [3.63, 3.8) is 0 Å². The van der Waals surface area contributed by atoms with Crippen LogP contribution in [0.2, 0.25) is 0 Å². The molecule has 0 aliphatic rings. The van der Waals surface area contributed by atoms with Gasteiger partial charge in [-0.25, -0.2) is 5.43 Å². The number of carbonyl (C=O) groups is 1. The van der Waals surface area contributed by atoms with E-state index >= 15 is 0 Å². The Morgan fingerprint density at radius 2 is 2.15 bits per heavy atom. The van der Waals surface area contributed by atoms with E-state index in [-0.39, 0.29) is 12.0 Å². The van der Waals surface area contributed by atoms with Crippen LogP contribution in [0.3, 0.4) is 0 Å². The summed E-state index contributed by atoms with van der Waals surface area (Å²) in [4.78, 5) is 13.1. The number of aromatic amines is 1. The van der Waals surface area contributed by atoms with E-state index in [2.05, 4.69) is 20.7 Å². The summed E-state index contributed by atoms with van der Waals surface area (Å²) in [6.07, 6.45) is 1.64. The molecule has 7 nitrogen and oxygen atoms in total. The van der Waals surface area contributed by atoms with Crippen molar-refractivity contribution in [1.29, 1.82) is 0 Å². The second-order valence-electron chi connectivity index (χ2n) is 5.91. The lowest BCUT2D eigenvalue weighted by Gasteiger charge is -2.14. The smallest absolute Gasteiger partial charge is 0.289 e. The monoisotopic (exact) mass is 384 g/mol. The number of nitrogens with zero attached hydrogens (tertiary/aromatic N) is 2. The molecule has 140 valence electrons. The molecule has 0 saturated heterocycles. The number of hydrogen-bond acceptors (Lipinski definition) is 6. The maximum absolute atomic E-state index is 12.2. The first-order valence-corrected chi connectivity index (χ1v) is 9.22. The van der Waals surface area contributed by atoms with Gasteiger partial charge in [-0.15, -0.1) is 11.3 Å². The zero-order valence-electron chi connectivity index (χ0n) is 15.2. The number of methoxy groups -OCH3 is 1. The minimum Gasteiger partial charge on any atom is -0.493 e. The summed E-state index contributed by atoms with van der Waals surface area (Å²) < 4.78 is 11.1. The Hall–Kier alpha value is -3.13. The van der Waals surface area contributed by atoms with Crippen molar-refractivity contribution in [2.45, 2.75) is 20.0 Å². The minimum atomic E-state index is -0.367. The van der Waals surface area contributed by atoms with Crippen LogP contribution >= 0.6 is 11.3 Å². The van der Waals surface area contributed by atoms with E-state index in [0.29, 0.717) is 22.9 Å². The Kier molecular flexibility index (Phi) is 5.87. The Labute approximate surface area is 161 Å². The molecule has 1 aromatic carbocycles. The molecule has 3 aromatic rings. The first-order chi connectivity index (χ1) is 13.1. The summed E-state index contributed by atoms with van der Waals surface area (Å²) in [6.45, 7) is 3.90. The number of nitrogens with one attached hydrogen (secondary N) is 2. The van der Waals surface area contributed by atoms with Crippen molar-refractivity contribution in [2.24, 2.45) is 5.10 Å². The lowest BCUT2D eigenvalue weighted by Crippen LogP contribution is -2.17.